The number of nitrogens with one attached hydrogen (secondary N) is 1. The predicted octanol–water partition coefficient (Wildman–Crippen LogP) is 2.14. The minimum Gasteiger partial charge on any atom is -0.484 e. The Morgan fingerprint density at radius 1 is 1.30 bits per heavy atom. The molecule has 1 aliphatic rings. The molecule has 1 N–H and O–H groups in total. The molecule has 0 spiro atoms. The van der Waals surface area contributed by atoms with E-state index < -0.39 is 0 Å². The van der Waals surface area contributed by atoms with E-state index in [1.54, 1.807) is 0 Å². The number of hydrogen-bond donors (Lipinski definition) is 1. The number of likely N-dealkylation sites (tertiary alicyclic amines) is 1. The zero-order chi connectivity index (χ0) is 16.8. The van der Waals surface area contributed by atoms with Crippen LogP contribution in [0.2, 0.25) is 0 Å². The Balaban J connectivity index is 1.74. The number of aryl methyl sites for hydroxylation is 1. The molecule has 0 unspecified atom stereocenters. The van der Waals surface area contributed by atoms with E-state index in [2.05, 4.69) is 5.32 Å². The Bertz CT molecular complexity index is 549. The van der Waals surface area contributed by atoms with Gasteiger partial charge in [0.1, 0.15) is 5.75 Å². The summed E-state index contributed by atoms with van der Waals surface area (Å²) >= 11 is 0. The fraction of sp³-hybridized carbons (Fsp3) is 0.556. The SMILES string of the molecule is Cc1cccc(OCC(=O)N2CCC(NC(=O)C(C)C)CC2)c1. The van der Waals surface area contributed by atoms with Crippen molar-refractivity contribution in [1.82, 2.24) is 10.2 Å². The van der Waals surface area contributed by atoms with E-state index in [1.165, 1.54) is 0 Å². The number of nitrogens with zero attached hydrogens (tertiary/aromatic N) is 1. The van der Waals surface area contributed by atoms with E-state index in [9.17, 15) is 9.59 Å². The third-order valence-electron chi connectivity index (χ3n) is 4.07. The zero-order valence-corrected chi connectivity index (χ0v) is 14.2. The molecule has 0 radical (unpaired) electrons. The van der Waals surface area contributed by atoms with E-state index in [1.807, 2.05) is 49.9 Å². The van der Waals surface area contributed by atoms with Gasteiger partial charge in [-0.3, -0.25) is 9.59 Å². The van der Waals surface area contributed by atoms with Gasteiger partial charge in [0.05, 0.1) is 0 Å². The lowest BCUT2D eigenvalue weighted by Gasteiger charge is -2.32. The first-order valence-corrected chi connectivity index (χ1v) is 8.23. The zero-order valence-electron chi connectivity index (χ0n) is 14.2. The van der Waals surface area contributed by atoms with E-state index in [0.717, 1.165) is 24.2 Å². The maximum absolute atomic E-state index is 12.2. The molecule has 0 aromatic heterocycles. The van der Waals surface area contributed by atoms with Gasteiger partial charge in [-0.15, -0.1) is 0 Å². The minimum absolute atomic E-state index is 0.000132. The summed E-state index contributed by atoms with van der Waals surface area (Å²) < 4.78 is 5.56. The third-order valence-corrected chi connectivity index (χ3v) is 4.07. The van der Waals surface area contributed by atoms with Crippen LogP contribution in [0.5, 0.6) is 5.75 Å². The van der Waals surface area contributed by atoms with Crippen molar-refractivity contribution in [2.24, 2.45) is 5.92 Å². The molecule has 1 saturated heterocycles. The van der Waals surface area contributed by atoms with Gasteiger partial charge in [-0.2, -0.15) is 0 Å². The van der Waals surface area contributed by atoms with Crippen LogP contribution < -0.4 is 10.1 Å². The van der Waals surface area contributed by atoms with E-state index in [0.29, 0.717) is 13.1 Å². The van der Waals surface area contributed by atoms with Gasteiger partial charge in [0.15, 0.2) is 6.61 Å². The third kappa shape index (κ3) is 5.27. The molecule has 1 heterocycles. The fourth-order valence-electron chi connectivity index (χ4n) is 2.58. The first kappa shape index (κ1) is 17.3. The number of ether oxygens (including phenoxy) is 1. The van der Waals surface area contributed by atoms with Crippen molar-refractivity contribution in [3.05, 3.63) is 29.8 Å². The molecule has 5 heteroatoms. The van der Waals surface area contributed by atoms with Gasteiger partial charge in [0.25, 0.3) is 5.91 Å². The Labute approximate surface area is 138 Å². The molecule has 1 aromatic rings. The molecule has 0 saturated carbocycles. The lowest BCUT2D eigenvalue weighted by molar-refractivity contribution is -0.134. The van der Waals surface area contributed by atoms with Crippen LogP contribution in [0, 0.1) is 12.8 Å². The summed E-state index contributed by atoms with van der Waals surface area (Å²) in [6.45, 7) is 7.16. The highest BCUT2D eigenvalue weighted by atomic mass is 16.5. The molecule has 2 amide bonds. The first-order chi connectivity index (χ1) is 11.0. The van der Waals surface area contributed by atoms with Crippen molar-refractivity contribution in [2.45, 2.75) is 39.7 Å². The molecule has 5 nitrogen and oxygen atoms in total. The van der Waals surface area contributed by atoms with Crippen LogP contribution in [0.4, 0.5) is 0 Å². The predicted molar refractivity (Wildman–Crippen MR) is 89.3 cm³/mol. The number of carbonyl (C=O) groups excluding carboxylic acids is 2. The molecular weight excluding hydrogens is 292 g/mol. The van der Waals surface area contributed by atoms with E-state index in [-0.39, 0.29) is 30.4 Å². The van der Waals surface area contributed by atoms with Crippen molar-refractivity contribution in [3.63, 3.8) is 0 Å². The molecule has 2 rings (SSSR count). The number of benzene rings is 1. The van der Waals surface area contributed by atoms with Crippen molar-refractivity contribution >= 4 is 11.8 Å². The molecule has 126 valence electrons. The number of piperidine rings is 1. The Hall–Kier alpha value is -2.04. The molecule has 23 heavy (non-hydrogen) atoms. The summed E-state index contributed by atoms with van der Waals surface area (Å²) in [5.41, 5.74) is 1.11. The molecule has 1 aliphatic heterocycles. The van der Waals surface area contributed by atoms with Crippen molar-refractivity contribution in [2.75, 3.05) is 19.7 Å². The molecule has 0 aliphatic carbocycles. The van der Waals surface area contributed by atoms with E-state index >= 15 is 0 Å². The monoisotopic (exact) mass is 318 g/mol. The quantitative estimate of drug-likeness (QED) is 0.905. The van der Waals surface area contributed by atoms with Gasteiger partial charge >= 0.3 is 0 Å². The number of carbonyl (C=O) groups is 2. The van der Waals surface area contributed by atoms with Gasteiger partial charge in [-0.1, -0.05) is 26.0 Å². The maximum atomic E-state index is 12.2. The van der Waals surface area contributed by atoms with Crippen molar-refractivity contribution in [3.8, 4) is 5.75 Å². The standard InChI is InChI=1S/C18H26N2O3/c1-13(2)18(22)19-15-7-9-20(10-8-15)17(21)12-23-16-6-4-5-14(3)11-16/h4-6,11,13,15H,7-10,12H2,1-3H3,(H,19,22). The highest BCUT2D eigenvalue weighted by Gasteiger charge is 2.24. The summed E-state index contributed by atoms with van der Waals surface area (Å²) in [4.78, 5) is 25.7. The Kier molecular flexibility index (Phi) is 6.02. The second-order valence-corrected chi connectivity index (χ2v) is 6.42. The maximum Gasteiger partial charge on any atom is 0.260 e. The van der Waals surface area contributed by atoms with Crippen LogP contribution in [0.3, 0.4) is 0 Å². The second-order valence-electron chi connectivity index (χ2n) is 6.42. The summed E-state index contributed by atoms with van der Waals surface area (Å²) in [6.07, 6.45) is 1.60. The molecule has 0 bridgehead atoms. The first-order valence-electron chi connectivity index (χ1n) is 8.23. The number of hydrogen-bond acceptors (Lipinski definition) is 3. The van der Waals surface area contributed by atoms with E-state index in [4.69, 9.17) is 4.74 Å². The average molecular weight is 318 g/mol. The summed E-state index contributed by atoms with van der Waals surface area (Å²) in [6, 6.07) is 7.85. The van der Waals surface area contributed by atoms with Crippen LogP contribution in [0.15, 0.2) is 24.3 Å². The molecule has 1 fully saturated rings. The Morgan fingerprint density at radius 3 is 2.61 bits per heavy atom. The average Bonchev–Trinajstić information content (AvgIpc) is 2.53. The topological polar surface area (TPSA) is 58.6 Å². The van der Waals surface area contributed by atoms with Gasteiger partial charge in [0, 0.05) is 25.0 Å². The number of rotatable bonds is 5. The summed E-state index contributed by atoms with van der Waals surface area (Å²) in [5.74, 6) is 0.799. The summed E-state index contributed by atoms with van der Waals surface area (Å²) in [7, 11) is 0. The lowest BCUT2D eigenvalue weighted by Crippen LogP contribution is -2.48. The highest BCUT2D eigenvalue weighted by molar-refractivity contribution is 5.79. The lowest BCUT2D eigenvalue weighted by atomic mass is 10.0. The summed E-state index contributed by atoms with van der Waals surface area (Å²) in [5, 5.41) is 3.03. The van der Waals surface area contributed by atoms with Gasteiger partial charge in [-0.05, 0) is 37.5 Å². The smallest absolute Gasteiger partial charge is 0.260 e. The van der Waals surface area contributed by atoms with Crippen LogP contribution in [-0.4, -0.2) is 42.5 Å². The minimum atomic E-state index is -0.00242. The van der Waals surface area contributed by atoms with Crippen LogP contribution in [0.25, 0.3) is 0 Å². The van der Waals surface area contributed by atoms with Crippen LogP contribution in [-0.2, 0) is 9.59 Å². The number of amides is 2. The van der Waals surface area contributed by atoms with Crippen LogP contribution in [0.1, 0.15) is 32.3 Å². The normalized spacial score (nSPS) is 15.6. The van der Waals surface area contributed by atoms with Gasteiger partial charge in [-0.25, -0.2) is 0 Å². The van der Waals surface area contributed by atoms with Crippen molar-refractivity contribution in [1.29, 1.82) is 0 Å². The largest absolute Gasteiger partial charge is 0.484 e. The van der Waals surface area contributed by atoms with Crippen LogP contribution >= 0.6 is 0 Å². The van der Waals surface area contributed by atoms with Gasteiger partial charge in [0.2, 0.25) is 5.91 Å². The van der Waals surface area contributed by atoms with Gasteiger partial charge < -0.3 is 15.0 Å². The Morgan fingerprint density at radius 2 is 2.00 bits per heavy atom. The highest BCUT2D eigenvalue weighted by Crippen LogP contribution is 2.14. The molecule has 1 aromatic carbocycles. The molecule has 0 atom stereocenters. The molecular formula is C18H26N2O3. The second kappa shape index (κ2) is 7.99. The van der Waals surface area contributed by atoms with Crippen molar-refractivity contribution < 1.29 is 14.3 Å². The fourth-order valence-corrected chi connectivity index (χ4v) is 2.58.